The maximum absolute atomic E-state index is 5.69. The van der Waals surface area contributed by atoms with Gasteiger partial charge in [0.05, 0.1) is 12.8 Å². The second-order valence-electron chi connectivity index (χ2n) is 4.95. The molecule has 110 valence electrons. The molecular weight excluding hydrogens is 284 g/mol. The molecule has 21 heavy (non-hydrogen) atoms. The van der Waals surface area contributed by atoms with Crippen molar-refractivity contribution >= 4 is 16.3 Å². The molecule has 2 aromatic heterocycles. The standard InChI is InChI=1S/C15H18N4OS/c1-20-14-4-2-11(3-5-14)8-12(18-16)9-13-10-19-6-7-21-15(19)17-13/h2-7,10,12,18H,8-9,16H2,1H3. The van der Waals surface area contributed by atoms with E-state index < -0.39 is 0 Å². The highest BCUT2D eigenvalue weighted by molar-refractivity contribution is 7.15. The molecule has 0 aliphatic heterocycles. The van der Waals surface area contributed by atoms with Crippen molar-refractivity contribution < 1.29 is 4.74 Å². The van der Waals surface area contributed by atoms with E-state index in [1.54, 1.807) is 18.4 Å². The summed E-state index contributed by atoms with van der Waals surface area (Å²) in [6.45, 7) is 0. The summed E-state index contributed by atoms with van der Waals surface area (Å²) in [5.74, 6) is 6.55. The van der Waals surface area contributed by atoms with Crippen LogP contribution in [0.4, 0.5) is 0 Å². The van der Waals surface area contributed by atoms with Crippen LogP contribution >= 0.6 is 11.3 Å². The minimum absolute atomic E-state index is 0.156. The van der Waals surface area contributed by atoms with Gasteiger partial charge in [-0.15, -0.1) is 11.3 Å². The molecule has 3 aromatic rings. The van der Waals surface area contributed by atoms with Gasteiger partial charge in [-0.2, -0.15) is 0 Å². The number of hydrogen-bond acceptors (Lipinski definition) is 5. The number of ether oxygens (including phenoxy) is 1. The second-order valence-corrected chi connectivity index (χ2v) is 5.82. The highest BCUT2D eigenvalue weighted by Crippen LogP contribution is 2.16. The number of nitrogens with one attached hydrogen (secondary N) is 1. The van der Waals surface area contributed by atoms with Gasteiger partial charge >= 0.3 is 0 Å². The first-order valence-corrected chi connectivity index (χ1v) is 7.66. The average Bonchev–Trinajstić information content (AvgIpc) is 3.08. The van der Waals surface area contributed by atoms with Gasteiger partial charge in [0.2, 0.25) is 0 Å². The van der Waals surface area contributed by atoms with Gasteiger partial charge in [0.1, 0.15) is 5.75 Å². The van der Waals surface area contributed by atoms with E-state index in [-0.39, 0.29) is 6.04 Å². The lowest BCUT2D eigenvalue weighted by molar-refractivity contribution is 0.414. The molecular formula is C15H18N4OS. The third-order valence-corrected chi connectivity index (χ3v) is 4.25. The Labute approximate surface area is 127 Å². The van der Waals surface area contributed by atoms with Crippen LogP contribution in [0.2, 0.25) is 0 Å². The number of hydrogen-bond donors (Lipinski definition) is 2. The van der Waals surface area contributed by atoms with Crippen molar-refractivity contribution in [3.05, 3.63) is 53.3 Å². The van der Waals surface area contributed by atoms with Crippen LogP contribution in [0.15, 0.2) is 42.0 Å². The molecule has 0 aliphatic carbocycles. The SMILES string of the molecule is COc1ccc(CC(Cc2cn3ccsc3n2)NN)cc1. The van der Waals surface area contributed by atoms with Gasteiger partial charge in [-0.25, -0.2) is 4.98 Å². The molecule has 0 amide bonds. The summed E-state index contributed by atoms with van der Waals surface area (Å²) in [7, 11) is 1.67. The first-order chi connectivity index (χ1) is 10.3. The van der Waals surface area contributed by atoms with E-state index in [1.807, 2.05) is 28.1 Å². The minimum Gasteiger partial charge on any atom is -0.497 e. The van der Waals surface area contributed by atoms with Gasteiger partial charge in [0, 0.05) is 30.2 Å². The van der Waals surface area contributed by atoms with Gasteiger partial charge < -0.3 is 4.74 Å². The number of aromatic nitrogens is 2. The molecule has 0 saturated heterocycles. The number of nitrogens with zero attached hydrogens (tertiary/aromatic N) is 2. The van der Waals surface area contributed by atoms with E-state index in [4.69, 9.17) is 10.6 Å². The number of nitrogens with two attached hydrogens (primary N) is 1. The van der Waals surface area contributed by atoms with Crippen LogP contribution in [0.25, 0.3) is 4.96 Å². The summed E-state index contributed by atoms with van der Waals surface area (Å²) in [5.41, 5.74) is 5.16. The van der Waals surface area contributed by atoms with Crippen LogP contribution in [-0.4, -0.2) is 22.5 Å². The summed E-state index contributed by atoms with van der Waals surface area (Å²) in [6.07, 6.45) is 5.73. The van der Waals surface area contributed by atoms with E-state index in [0.29, 0.717) is 0 Å². The van der Waals surface area contributed by atoms with Crippen molar-refractivity contribution in [3.8, 4) is 5.75 Å². The Morgan fingerprint density at radius 1 is 1.33 bits per heavy atom. The fraction of sp³-hybridized carbons (Fsp3) is 0.267. The molecule has 5 nitrogen and oxygen atoms in total. The lowest BCUT2D eigenvalue weighted by Crippen LogP contribution is -2.38. The van der Waals surface area contributed by atoms with E-state index in [2.05, 4.69) is 28.7 Å². The van der Waals surface area contributed by atoms with E-state index in [0.717, 1.165) is 29.2 Å². The minimum atomic E-state index is 0.156. The third-order valence-electron chi connectivity index (χ3n) is 3.48. The van der Waals surface area contributed by atoms with Crippen molar-refractivity contribution in [2.45, 2.75) is 18.9 Å². The lowest BCUT2D eigenvalue weighted by atomic mass is 10.0. The summed E-state index contributed by atoms with van der Waals surface area (Å²) in [6, 6.07) is 8.22. The molecule has 1 unspecified atom stereocenters. The number of rotatable bonds is 6. The number of benzene rings is 1. The Morgan fingerprint density at radius 3 is 2.81 bits per heavy atom. The predicted molar refractivity (Wildman–Crippen MR) is 84.6 cm³/mol. The van der Waals surface area contributed by atoms with Crippen LogP contribution in [0.1, 0.15) is 11.3 Å². The summed E-state index contributed by atoms with van der Waals surface area (Å²) in [4.78, 5) is 5.61. The number of methoxy groups -OCH3 is 1. The van der Waals surface area contributed by atoms with Gasteiger partial charge in [-0.05, 0) is 24.1 Å². The number of fused-ring (bicyclic) bond motifs is 1. The first kappa shape index (κ1) is 14.1. The molecule has 2 heterocycles. The number of imidazole rings is 1. The van der Waals surface area contributed by atoms with E-state index in [9.17, 15) is 0 Å². The van der Waals surface area contributed by atoms with E-state index in [1.165, 1.54) is 5.56 Å². The fourth-order valence-corrected chi connectivity index (χ4v) is 3.08. The molecule has 0 saturated carbocycles. The van der Waals surface area contributed by atoms with Gasteiger partial charge in [-0.1, -0.05) is 12.1 Å². The Kier molecular flexibility index (Phi) is 4.19. The summed E-state index contributed by atoms with van der Waals surface area (Å²) in [5, 5.41) is 2.03. The van der Waals surface area contributed by atoms with Crippen molar-refractivity contribution in [3.63, 3.8) is 0 Å². The molecule has 3 rings (SSSR count). The zero-order valence-corrected chi connectivity index (χ0v) is 12.6. The molecule has 1 atom stereocenters. The van der Waals surface area contributed by atoms with Gasteiger partial charge in [0.15, 0.2) is 4.96 Å². The largest absolute Gasteiger partial charge is 0.497 e. The third kappa shape index (κ3) is 3.24. The lowest BCUT2D eigenvalue weighted by Gasteiger charge is -2.14. The van der Waals surface area contributed by atoms with Gasteiger partial charge in [0.25, 0.3) is 0 Å². The Bertz CT molecular complexity index is 675. The quantitative estimate of drug-likeness (QED) is 0.540. The van der Waals surface area contributed by atoms with Crippen LogP contribution < -0.4 is 16.0 Å². The van der Waals surface area contributed by atoms with Crippen molar-refractivity contribution in [1.29, 1.82) is 0 Å². The Balaban J connectivity index is 1.67. The predicted octanol–water partition coefficient (Wildman–Crippen LogP) is 2.02. The molecule has 0 spiro atoms. The molecule has 1 aromatic carbocycles. The Morgan fingerprint density at radius 2 is 2.14 bits per heavy atom. The van der Waals surface area contributed by atoms with E-state index >= 15 is 0 Å². The van der Waals surface area contributed by atoms with Crippen LogP contribution in [0.5, 0.6) is 5.75 Å². The van der Waals surface area contributed by atoms with Crippen LogP contribution in [0.3, 0.4) is 0 Å². The molecule has 0 bridgehead atoms. The zero-order chi connectivity index (χ0) is 14.7. The Hall–Kier alpha value is -1.89. The maximum atomic E-state index is 5.69. The van der Waals surface area contributed by atoms with Crippen molar-refractivity contribution in [1.82, 2.24) is 14.8 Å². The van der Waals surface area contributed by atoms with Crippen molar-refractivity contribution in [2.75, 3.05) is 7.11 Å². The topological polar surface area (TPSA) is 64.6 Å². The molecule has 3 N–H and O–H groups in total. The molecule has 0 aliphatic rings. The summed E-state index contributed by atoms with van der Waals surface area (Å²) >= 11 is 1.64. The fourth-order valence-electron chi connectivity index (χ4n) is 2.36. The average molecular weight is 302 g/mol. The van der Waals surface area contributed by atoms with Crippen LogP contribution in [-0.2, 0) is 12.8 Å². The first-order valence-electron chi connectivity index (χ1n) is 6.78. The molecule has 6 heteroatoms. The number of thiazole rings is 1. The monoisotopic (exact) mass is 302 g/mol. The maximum Gasteiger partial charge on any atom is 0.193 e. The van der Waals surface area contributed by atoms with Crippen molar-refractivity contribution in [2.24, 2.45) is 5.84 Å². The zero-order valence-electron chi connectivity index (χ0n) is 11.8. The molecule has 0 radical (unpaired) electrons. The van der Waals surface area contributed by atoms with Crippen LogP contribution in [0, 0.1) is 0 Å². The highest BCUT2D eigenvalue weighted by Gasteiger charge is 2.12. The smallest absolute Gasteiger partial charge is 0.193 e. The highest BCUT2D eigenvalue weighted by atomic mass is 32.1. The normalized spacial score (nSPS) is 12.7. The van der Waals surface area contributed by atoms with Gasteiger partial charge in [-0.3, -0.25) is 15.7 Å². The second kappa shape index (κ2) is 6.26. The molecule has 0 fully saturated rings. The summed E-state index contributed by atoms with van der Waals surface area (Å²) < 4.78 is 7.21. The number of hydrazine groups is 1.